The minimum atomic E-state index is -1.28. The van der Waals surface area contributed by atoms with E-state index in [2.05, 4.69) is 0 Å². The highest BCUT2D eigenvalue weighted by atomic mass is 35.5. The van der Waals surface area contributed by atoms with Gasteiger partial charge in [-0.1, -0.05) is 58.5 Å². The van der Waals surface area contributed by atoms with Crippen LogP contribution in [0.4, 0.5) is 11.4 Å². The molecule has 0 atom stereocenters. The summed E-state index contributed by atoms with van der Waals surface area (Å²) in [6.45, 7) is 0. The lowest BCUT2D eigenvalue weighted by atomic mass is 10.0. The second-order valence-corrected chi connectivity index (χ2v) is 6.19. The van der Waals surface area contributed by atoms with Crippen molar-refractivity contribution in [2.24, 2.45) is 0 Å². The molecule has 6 heteroatoms. The Kier molecular flexibility index (Phi) is 4.07. The Hall–Kier alpha value is -0.800. The number of alkyl halides is 2. The first kappa shape index (κ1) is 14.6. The molecule has 0 saturated carbocycles. The van der Waals surface area contributed by atoms with E-state index in [1.807, 2.05) is 0 Å². The van der Waals surface area contributed by atoms with Crippen LogP contribution < -0.4 is 11.5 Å². The number of hydrogen-bond donors (Lipinski definition) is 2. The summed E-state index contributed by atoms with van der Waals surface area (Å²) < 4.78 is -1.28. The molecule has 0 amide bonds. The van der Waals surface area contributed by atoms with Crippen LogP contribution in [0.1, 0.15) is 11.1 Å². The maximum Gasteiger partial charge on any atom is 0.168 e. The Morgan fingerprint density at radius 1 is 0.789 bits per heavy atom. The van der Waals surface area contributed by atoms with Gasteiger partial charge in [0.1, 0.15) is 0 Å². The van der Waals surface area contributed by atoms with Crippen molar-refractivity contribution in [3.63, 3.8) is 0 Å². The molecule has 0 aliphatic heterocycles. The third-order valence-electron chi connectivity index (χ3n) is 2.71. The molecule has 0 heterocycles. The molecule has 0 aromatic heterocycles. The first-order valence-corrected chi connectivity index (χ1v) is 6.82. The molecule has 0 fully saturated rings. The van der Waals surface area contributed by atoms with Gasteiger partial charge in [0.05, 0.1) is 15.7 Å². The lowest BCUT2D eigenvalue weighted by molar-refractivity contribution is 1.04. The van der Waals surface area contributed by atoms with Crippen molar-refractivity contribution in [1.29, 1.82) is 0 Å². The van der Waals surface area contributed by atoms with Crippen molar-refractivity contribution in [3.8, 4) is 0 Å². The second kappa shape index (κ2) is 5.29. The summed E-state index contributed by atoms with van der Waals surface area (Å²) in [5.41, 5.74) is 13.5. The predicted octanol–water partition coefficient (Wildman–Crippen LogP) is 4.84. The average molecular weight is 336 g/mol. The van der Waals surface area contributed by atoms with Crippen LogP contribution in [0.5, 0.6) is 0 Å². The maximum absolute atomic E-state index is 6.40. The summed E-state index contributed by atoms with van der Waals surface area (Å²) in [4.78, 5) is 0. The SMILES string of the molecule is Nc1ccc(C(Cl)(Cl)c2cc(Cl)c(N)c(Cl)c2)cc1. The topological polar surface area (TPSA) is 52.0 Å². The number of benzene rings is 2. The number of anilines is 2. The third-order valence-corrected chi connectivity index (χ3v) is 4.21. The Morgan fingerprint density at radius 2 is 1.26 bits per heavy atom. The van der Waals surface area contributed by atoms with Crippen molar-refractivity contribution in [1.82, 2.24) is 0 Å². The fraction of sp³-hybridized carbons (Fsp3) is 0.0769. The van der Waals surface area contributed by atoms with Crippen LogP contribution in [-0.4, -0.2) is 0 Å². The molecule has 0 aliphatic rings. The molecule has 0 spiro atoms. The highest BCUT2D eigenvalue weighted by Gasteiger charge is 2.30. The molecular formula is C13H10Cl4N2. The van der Waals surface area contributed by atoms with E-state index in [9.17, 15) is 0 Å². The van der Waals surface area contributed by atoms with Gasteiger partial charge in [-0.05, 0) is 35.4 Å². The standard InChI is InChI=1S/C13H10Cl4N2/c14-10-5-8(6-11(15)12(10)19)13(16,17)7-1-3-9(18)4-2-7/h1-6H,18-19H2. The van der Waals surface area contributed by atoms with Gasteiger partial charge >= 0.3 is 0 Å². The van der Waals surface area contributed by atoms with Crippen molar-refractivity contribution in [2.45, 2.75) is 4.33 Å². The summed E-state index contributed by atoms with van der Waals surface area (Å²) >= 11 is 24.8. The van der Waals surface area contributed by atoms with E-state index in [0.29, 0.717) is 32.5 Å². The van der Waals surface area contributed by atoms with Gasteiger partial charge < -0.3 is 11.5 Å². The normalized spacial score (nSPS) is 11.6. The summed E-state index contributed by atoms with van der Waals surface area (Å²) in [6, 6.07) is 10.1. The van der Waals surface area contributed by atoms with Crippen molar-refractivity contribution >= 4 is 57.8 Å². The van der Waals surface area contributed by atoms with Crippen LogP contribution in [0.2, 0.25) is 10.0 Å². The van der Waals surface area contributed by atoms with E-state index < -0.39 is 4.33 Å². The smallest absolute Gasteiger partial charge is 0.168 e. The summed E-state index contributed by atoms with van der Waals surface area (Å²) in [5.74, 6) is 0. The van der Waals surface area contributed by atoms with Gasteiger partial charge in [-0.25, -0.2) is 0 Å². The fourth-order valence-electron chi connectivity index (χ4n) is 1.62. The minimum Gasteiger partial charge on any atom is -0.399 e. The lowest BCUT2D eigenvalue weighted by Gasteiger charge is -2.22. The number of hydrogen-bond acceptors (Lipinski definition) is 2. The Labute approximate surface area is 131 Å². The zero-order chi connectivity index (χ0) is 14.2. The van der Waals surface area contributed by atoms with Gasteiger partial charge in [-0.2, -0.15) is 0 Å². The van der Waals surface area contributed by atoms with Gasteiger partial charge in [-0.3, -0.25) is 0 Å². The van der Waals surface area contributed by atoms with Crippen molar-refractivity contribution in [2.75, 3.05) is 11.5 Å². The summed E-state index contributed by atoms with van der Waals surface area (Å²) in [5, 5.41) is 0.618. The molecule has 4 N–H and O–H groups in total. The largest absolute Gasteiger partial charge is 0.399 e. The molecule has 100 valence electrons. The molecule has 2 rings (SSSR count). The van der Waals surface area contributed by atoms with Crippen molar-refractivity contribution in [3.05, 3.63) is 57.6 Å². The zero-order valence-electron chi connectivity index (χ0n) is 9.63. The van der Waals surface area contributed by atoms with Crippen molar-refractivity contribution < 1.29 is 0 Å². The lowest BCUT2D eigenvalue weighted by Crippen LogP contribution is -2.12. The van der Waals surface area contributed by atoms with E-state index in [-0.39, 0.29) is 0 Å². The quantitative estimate of drug-likeness (QED) is 0.609. The van der Waals surface area contributed by atoms with Crippen LogP contribution in [0.15, 0.2) is 36.4 Å². The Bertz CT molecular complexity index is 586. The molecule has 0 unspecified atom stereocenters. The monoisotopic (exact) mass is 334 g/mol. The zero-order valence-corrected chi connectivity index (χ0v) is 12.7. The average Bonchev–Trinajstić information content (AvgIpc) is 2.35. The highest BCUT2D eigenvalue weighted by Crippen LogP contribution is 2.44. The molecule has 0 bridgehead atoms. The van der Waals surface area contributed by atoms with Crippen LogP contribution in [0, 0.1) is 0 Å². The van der Waals surface area contributed by atoms with Gasteiger partial charge in [0.25, 0.3) is 0 Å². The Balaban J connectivity index is 2.52. The molecule has 2 nitrogen and oxygen atoms in total. The predicted molar refractivity (Wildman–Crippen MR) is 84.2 cm³/mol. The van der Waals surface area contributed by atoms with Gasteiger partial charge in [0, 0.05) is 5.69 Å². The number of nitrogen functional groups attached to an aromatic ring is 2. The molecular weight excluding hydrogens is 326 g/mol. The summed E-state index contributed by atoms with van der Waals surface area (Å²) in [7, 11) is 0. The van der Waals surface area contributed by atoms with Crippen LogP contribution >= 0.6 is 46.4 Å². The molecule has 0 saturated heterocycles. The molecule has 0 radical (unpaired) electrons. The highest BCUT2D eigenvalue weighted by molar-refractivity contribution is 6.50. The van der Waals surface area contributed by atoms with E-state index >= 15 is 0 Å². The van der Waals surface area contributed by atoms with E-state index in [1.165, 1.54) is 0 Å². The molecule has 2 aromatic carbocycles. The number of nitrogens with two attached hydrogens (primary N) is 2. The number of rotatable bonds is 2. The third kappa shape index (κ3) is 2.87. The first-order valence-electron chi connectivity index (χ1n) is 5.31. The first-order chi connectivity index (χ1) is 8.82. The van der Waals surface area contributed by atoms with E-state index in [1.54, 1.807) is 36.4 Å². The minimum absolute atomic E-state index is 0.300. The van der Waals surface area contributed by atoms with E-state index in [4.69, 9.17) is 57.9 Å². The van der Waals surface area contributed by atoms with E-state index in [0.717, 1.165) is 0 Å². The van der Waals surface area contributed by atoms with Crippen LogP contribution in [0.3, 0.4) is 0 Å². The fourth-order valence-corrected chi connectivity index (χ4v) is 2.58. The molecule has 19 heavy (non-hydrogen) atoms. The summed E-state index contributed by atoms with van der Waals surface area (Å²) in [6.07, 6.45) is 0. The maximum atomic E-state index is 6.40. The van der Waals surface area contributed by atoms with Crippen LogP contribution in [-0.2, 0) is 4.33 Å². The second-order valence-electron chi connectivity index (χ2n) is 4.05. The van der Waals surface area contributed by atoms with Gasteiger partial charge in [-0.15, -0.1) is 0 Å². The van der Waals surface area contributed by atoms with Gasteiger partial charge in [0.2, 0.25) is 0 Å². The molecule has 2 aromatic rings. The van der Waals surface area contributed by atoms with Gasteiger partial charge in [0.15, 0.2) is 4.33 Å². The van der Waals surface area contributed by atoms with Crippen LogP contribution in [0.25, 0.3) is 0 Å². The Morgan fingerprint density at radius 3 is 1.74 bits per heavy atom. The number of halogens is 4. The molecule has 0 aliphatic carbocycles.